The first-order chi connectivity index (χ1) is 6.79. The van der Waals surface area contributed by atoms with E-state index in [9.17, 15) is 22.8 Å². The lowest BCUT2D eigenvalue weighted by Gasteiger charge is -2.17. The molecule has 0 aliphatic heterocycles. The number of carbonyl (C=O) groups is 2. The highest BCUT2D eigenvalue weighted by molar-refractivity contribution is 6.36. The fourth-order valence-corrected chi connectivity index (χ4v) is 1.10. The Kier molecular flexibility index (Phi) is 5.25. The molecule has 0 amide bonds. The van der Waals surface area contributed by atoms with Crippen LogP contribution >= 0.6 is 0 Å². The summed E-state index contributed by atoms with van der Waals surface area (Å²) >= 11 is 0. The van der Waals surface area contributed by atoms with Crippen LogP contribution in [0.15, 0.2) is 12.7 Å². The van der Waals surface area contributed by atoms with E-state index in [4.69, 9.17) is 0 Å². The molecule has 1 unspecified atom stereocenters. The van der Waals surface area contributed by atoms with Crippen molar-refractivity contribution in [1.82, 2.24) is 0 Å². The molecule has 0 aromatic carbocycles. The summed E-state index contributed by atoms with van der Waals surface area (Å²) in [6, 6.07) is 0. The monoisotopic (exact) mass is 222 g/mol. The van der Waals surface area contributed by atoms with Crippen molar-refractivity contribution in [2.45, 2.75) is 32.4 Å². The van der Waals surface area contributed by atoms with E-state index in [0.29, 0.717) is 0 Å². The normalized spacial score (nSPS) is 13.3. The average Bonchev–Trinajstić information content (AvgIpc) is 2.09. The molecule has 0 radical (unpaired) electrons. The Labute approximate surface area is 86.2 Å². The number of ketones is 2. The maximum atomic E-state index is 12.3. The Bertz CT molecular complexity index is 256. The molecule has 0 bridgehead atoms. The van der Waals surface area contributed by atoms with Crippen molar-refractivity contribution in [2.24, 2.45) is 5.92 Å². The molecule has 0 rings (SSSR count). The van der Waals surface area contributed by atoms with Gasteiger partial charge < -0.3 is 0 Å². The van der Waals surface area contributed by atoms with E-state index in [1.807, 2.05) is 0 Å². The van der Waals surface area contributed by atoms with Gasteiger partial charge >= 0.3 is 6.18 Å². The summed E-state index contributed by atoms with van der Waals surface area (Å²) in [5.41, 5.74) is 0. The Morgan fingerprint density at radius 3 is 2.27 bits per heavy atom. The SMILES string of the molecule is C=CCC(CCC(=O)C(C)=O)C(F)(F)F. The number of allylic oxidation sites excluding steroid dienone is 1. The number of Topliss-reactive ketones (excluding diaryl/α,β-unsaturated/α-hetero) is 2. The summed E-state index contributed by atoms with van der Waals surface area (Å²) in [5, 5.41) is 0. The van der Waals surface area contributed by atoms with E-state index in [0.717, 1.165) is 13.0 Å². The molecule has 15 heavy (non-hydrogen) atoms. The van der Waals surface area contributed by atoms with Crippen LogP contribution in [0.25, 0.3) is 0 Å². The maximum Gasteiger partial charge on any atom is 0.392 e. The topological polar surface area (TPSA) is 34.1 Å². The first-order valence-electron chi connectivity index (χ1n) is 4.50. The molecule has 86 valence electrons. The second kappa shape index (κ2) is 5.68. The number of alkyl halides is 3. The Hall–Kier alpha value is -1.13. The van der Waals surface area contributed by atoms with Gasteiger partial charge in [0.1, 0.15) is 0 Å². The molecule has 0 aromatic heterocycles. The molecule has 2 nitrogen and oxygen atoms in total. The fourth-order valence-electron chi connectivity index (χ4n) is 1.10. The quantitative estimate of drug-likeness (QED) is 0.511. The van der Waals surface area contributed by atoms with Crippen molar-refractivity contribution in [3.05, 3.63) is 12.7 Å². The van der Waals surface area contributed by atoms with E-state index in [1.54, 1.807) is 0 Å². The molecule has 0 saturated carbocycles. The summed E-state index contributed by atoms with van der Waals surface area (Å²) in [5.74, 6) is -3.04. The largest absolute Gasteiger partial charge is 0.392 e. The van der Waals surface area contributed by atoms with Crippen molar-refractivity contribution in [3.8, 4) is 0 Å². The number of halogens is 3. The van der Waals surface area contributed by atoms with Gasteiger partial charge in [0.05, 0.1) is 5.92 Å². The molecule has 5 heteroatoms. The van der Waals surface area contributed by atoms with E-state index >= 15 is 0 Å². The van der Waals surface area contributed by atoms with Crippen LogP contribution in [0, 0.1) is 5.92 Å². The van der Waals surface area contributed by atoms with Crippen molar-refractivity contribution >= 4 is 11.6 Å². The highest BCUT2D eigenvalue weighted by Gasteiger charge is 2.38. The van der Waals surface area contributed by atoms with Gasteiger partial charge in [-0.05, 0) is 12.8 Å². The number of hydrogen-bond acceptors (Lipinski definition) is 2. The molecule has 0 aliphatic rings. The molecule has 0 saturated heterocycles. The summed E-state index contributed by atoms with van der Waals surface area (Å²) in [6.07, 6.45) is -4.11. The number of hydrogen-bond donors (Lipinski definition) is 0. The average molecular weight is 222 g/mol. The van der Waals surface area contributed by atoms with Crippen LogP contribution in [-0.2, 0) is 9.59 Å². The minimum atomic E-state index is -4.34. The molecule has 0 heterocycles. The van der Waals surface area contributed by atoms with Gasteiger partial charge in [-0.1, -0.05) is 6.08 Å². The maximum absolute atomic E-state index is 12.3. The zero-order chi connectivity index (χ0) is 12.1. The summed E-state index contributed by atoms with van der Waals surface area (Å²) in [4.78, 5) is 21.3. The predicted molar refractivity (Wildman–Crippen MR) is 49.3 cm³/mol. The lowest BCUT2D eigenvalue weighted by molar-refractivity contribution is -0.176. The van der Waals surface area contributed by atoms with Crippen LogP contribution in [-0.4, -0.2) is 17.7 Å². The number of carbonyl (C=O) groups excluding carboxylic acids is 2. The molecule has 0 aromatic rings. The third-order valence-electron chi connectivity index (χ3n) is 2.03. The smallest absolute Gasteiger partial charge is 0.291 e. The second-order valence-corrected chi connectivity index (χ2v) is 3.28. The predicted octanol–water partition coefficient (Wildman–Crippen LogP) is 2.68. The minimum Gasteiger partial charge on any atom is -0.291 e. The summed E-state index contributed by atoms with van der Waals surface area (Å²) in [7, 11) is 0. The van der Waals surface area contributed by atoms with E-state index in [2.05, 4.69) is 6.58 Å². The second-order valence-electron chi connectivity index (χ2n) is 3.28. The molecule has 0 fully saturated rings. The van der Waals surface area contributed by atoms with E-state index in [-0.39, 0.29) is 19.3 Å². The zero-order valence-corrected chi connectivity index (χ0v) is 8.43. The lowest BCUT2D eigenvalue weighted by atomic mass is 9.97. The number of rotatable bonds is 6. The Morgan fingerprint density at radius 1 is 1.40 bits per heavy atom. The van der Waals surface area contributed by atoms with E-state index in [1.165, 1.54) is 0 Å². The molecular weight excluding hydrogens is 209 g/mol. The van der Waals surface area contributed by atoms with Gasteiger partial charge in [-0.15, -0.1) is 6.58 Å². The Balaban J connectivity index is 4.25. The molecular formula is C10H13F3O2. The van der Waals surface area contributed by atoms with Gasteiger partial charge in [-0.25, -0.2) is 0 Å². The molecule has 0 aliphatic carbocycles. The van der Waals surface area contributed by atoms with Gasteiger partial charge in [0.15, 0.2) is 11.6 Å². The lowest BCUT2D eigenvalue weighted by Crippen LogP contribution is -2.24. The van der Waals surface area contributed by atoms with Gasteiger partial charge in [0, 0.05) is 13.3 Å². The van der Waals surface area contributed by atoms with Crippen molar-refractivity contribution in [2.75, 3.05) is 0 Å². The van der Waals surface area contributed by atoms with Gasteiger partial charge in [-0.3, -0.25) is 9.59 Å². The van der Waals surface area contributed by atoms with Crippen LogP contribution in [0.2, 0.25) is 0 Å². The minimum absolute atomic E-state index is 0.227. The van der Waals surface area contributed by atoms with Crippen molar-refractivity contribution in [1.29, 1.82) is 0 Å². The van der Waals surface area contributed by atoms with Crippen LogP contribution in [0.5, 0.6) is 0 Å². The molecule has 0 N–H and O–H groups in total. The van der Waals surface area contributed by atoms with Gasteiger partial charge in [-0.2, -0.15) is 13.2 Å². The van der Waals surface area contributed by atoms with Crippen LogP contribution in [0.1, 0.15) is 26.2 Å². The summed E-state index contributed by atoms with van der Waals surface area (Å²) in [6.45, 7) is 4.28. The van der Waals surface area contributed by atoms with Crippen LogP contribution in [0.3, 0.4) is 0 Å². The van der Waals surface area contributed by atoms with Crippen molar-refractivity contribution < 1.29 is 22.8 Å². The summed E-state index contributed by atoms with van der Waals surface area (Å²) < 4.78 is 36.9. The first kappa shape index (κ1) is 13.9. The van der Waals surface area contributed by atoms with Gasteiger partial charge in [0.2, 0.25) is 0 Å². The standard InChI is InChI=1S/C10H13F3O2/c1-3-4-8(10(11,12)13)5-6-9(15)7(2)14/h3,8H,1,4-6H2,2H3. The molecule has 1 atom stereocenters. The van der Waals surface area contributed by atoms with Gasteiger partial charge in [0.25, 0.3) is 0 Å². The Morgan fingerprint density at radius 2 is 1.93 bits per heavy atom. The van der Waals surface area contributed by atoms with Crippen LogP contribution < -0.4 is 0 Å². The fraction of sp³-hybridized carbons (Fsp3) is 0.600. The first-order valence-corrected chi connectivity index (χ1v) is 4.50. The third-order valence-corrected chi connectivity index (χ3v) is 2.03. The van der Waals surface area contributed by atoms with Crippen molar-refractivity contribution in [3.63, 3.8) is 0 Å². The van der Waals surface area contributed by atoms with Crippen LogP contribution in [0.4, 0.5) is 13.2 Å². The highest BCUT2D eigenvalue weighted by Crippen LogP contribution is 2.32. The third kappa shape index (κ3) is 5.34. The zero-order valence-electron chi connectivity index (χ0n) is 8.43. The van der Waals surface area contributed by atoms with E-state index < -0.39 is 23.7 Å². The molecule has 0 spiro atoms. The highest BCUT2D eigenvalue weighted by atomic mass is 19.4.